The number of benzene rings is 6. The van der Waals surface area contributed by atoms with Crippen molar-refractivity contribution in [3.8, 4) is 22.8 Å². The maximum absolute atomic E-state index is 8.97. The molecule has 0 unspecified atom stereocenters. The highest BCUT2D eigenvalue weighted by Gasteiger charge is 2.19. The number of hydrogen-bond acceptors (Lipinski definition) is 3. The number of rotatable bonds is 3. The SMILES string of the molecule is [2H]c1c([2H])c([2H])c2c(c1[2H])c1c([2H])c([2H])c([2H])c([2H])c1n2-c1ccc2oc3cnc(-c4ccccc4-n4c5c([2H])c([2H])c([2H])c([2H])c5c5c([2H])c([2H])c([2H])c([2H])c54)nc3c2c1. The topological polar surface area (TPSA) is 48.8 Å². The Kier molecular flexibility index (Phi) is 2.77. The summed E-state index contributed by atoms with van der Waals surface area (Å²) in [5.41, 5.74) is 1.35. The molecule has 6 aromatic carbocycles. The second kappa shape index (κ2) is 9.15. The van der Waals surface area contributed by atoms with E-state index in [-0.39, 0.29) is 71.9 Å². The number of hydrogen-bond donors (Lipinski definition) is 0. The first-order chi connectivity index (χ1) is 29.0. The zero-order valence-corrected chi connectivity index (χ0v) is 22.8. The van der Waals surface area contributed by atoms with Gasteiger partial charge in [-0.15, -0.1) is 0 Å². The van der Waals surface area contributed by atoms with Gasteiger partial charge in [-0.1, -0.05) is 84.6 Å². The molecule has 0 spiro atoms. The average molecular weight is 593 g/mol. The highest BCUT2D eigenvalue weighted by atomic mass is 16.3. The summed E-state index contributed by atoms with van der Waals surface area (Å²) in [7, 11) is 0. The molecule has 0 saturated carbocycles. The normalized spacial score (nSPS) is 17.0. The number of nitrogens with zero attached hydrogens (tertiary/aromatic N) is 4. The van der Waals surface area contributed by atoms with Crippen LogP contribution in [0.1, 0.15) is 21.9 Å². The van der Waals surface area contributed by atoms with Gasteiger partial charge in [-0.2, -0.15) is 0 Å². The van der Waals surface area contributed by atoms with Gasteiger partial charge in [-0.25, -0.2) is 9.97 Å². The Bertz CT molecular complexity index is 3530. The Labute approximate surface area is 279 Å². The summed E-state index contributed by atoms with van der Waals surface area (Å²) in [6.07, 6.45) is 1.42. The van der Waals surface area contributed by atoms with Gasteiger partial charge in [0.2, 0.25) is 0 Å². The van der Waals surface area contributed by atoms with Crippen molar-refractivity contribution >= 4 is 65.7 Å². The summed E-state index contributed by atoms with van der Waals surface area (Å²) in [4.78, 5) is 9.48. The van der Waals surface area contributed by atoms with Crippen LogP contribution < -0.4 is 0 Å². The second-order valence-electron chi connectivity index (χ2n) is 10.3. The summed E-state index contributed by atoms with van der Waals surface area (Å²) in [6, 6.07) is 3.13. The summed E-state index contributed by atoms with van der Waals surface area (Å²) in [5.74, 6) is 0.0907. The molecule has 5 heteroatoms. The summed E-state index contributed by atoms with van der Waals surface area (Å²) in [5, 5.41) is 0.0577. The van der Waals surface area contributed by atoms with Gasteiger partial charge in [0.15, 0.2) is 11.4 Å². The third-order valence-corrected chi connectivity index (χ3v) is 7.90. The van der Waals surface area contributed by atoms with E-state index in [4.69, 9.17) is 31.3 Å². The number of fused-ring (bicyclic) bond motifs is 9. The van der Waals surface area contributed by atoms with E-state index in [1.54, 1.807) is 42.5 Å². The maximum Gasteiger partial charge on any atom is 0.172 e. The van der Waals surface area contributed by atoms with Crippen LogP contribution in [0.2, 0.25) is 0 Å². The van der Waals surface area contributed by atoms with Gasteiger partial charge in [-0.05, 0) is 54.5 Å². The Balaban J connectivity index is 1.27. The van der Waals surface area contributed by atoms with Crippen molar-refractivity contribution in [2.24, 2.45) is 0 Å². The van der Waals surface area contributed by atoms with Crippen molar-refractivity contribution in [2.75, 3.05) is 0 Å². The van der Waals surface area contributed by atoms with E-state index in [0.29, 0.717) is 16.5 Å². The molecule has 10 aromatic rings. The monoisotopic (exact) mass is 592 g/mol. The van der Waals surface area contributed by atoms with Crippen molar-refractivity contribution in [1.82, 2.24) is 19.1 Å². The fraction of sp³-hybridized carbons (Fsp3) is 0. The van der Waals surface area contributed by atoms with Crippen LogP contribution in [0.25, 0.3) is 88.4 Å². The van der Waals surface area contributed by atoms with E-state index in [2.05, 4.69) is 4.98 Å². The lowest BCUT2D eigenvalue weighted by molar-refractivity contribution is 0.666. The van der Waals surface area contributed by atoms with Crippen molar-refractivity contribution in [1.29, 1.82) is 0 Å². The first-order valence-corrected chi connectivity index (χ1v) is 13.8. The zero-order valence-electron chi connectivity index (χ0n) is 38.8. The molecule has 4 aromatic heterocycles. The van der Waals surface area contributed by atoms with Crippen LogP contribution in [-0.2, 0) is 0 Å². The lowest BCUT2D eigenvalue weighted by Crippen LogP contribution is -1.99. The molecule has 0 aliphatic carbocycles. The molecule has 10 rings (SSSR count). The predicted molar refractivity (Wildman–Crippen MR) is 183 cm³/mol. The Hall–Kier alpha value is -6.20. The van der Waals surface area contributed by atoms with Gasteiger partial charge in [-0.3, -0.25) is 0 Å². The molecular weight excluding hydrogens is 552 g/mol. The molecule has 4 heterocycles. The molecule has 0 saturated heterocycles. The number of para-hydroxylation sites is 5. The Morgan fingerprint density at radius 1 is 0.556 bits per heavy atom. The van der Waals surface area contributed by atoms with Gasteiger partial charge in [0.1, 0.15) is 11.1 Å². The van der Waals surface area contributed by atoms with Crippen LogP contribution in [0, 0.1) is 0 Å². The first kappa shape index (κ1) is 13.6. The third-order valence-electron chi connectivity index (χ3n) is 7.90. The van der Waals surface area contributed by atoms with Gasteiger partial charge in [0, 0.05) is 38.2 Å². The van der Waals surface area contributed by atoms with Crippen molar-refractivity contribution in [3.05, 3.63) is 145 Å². The molecule has 0 aliphatic rings. The fourth-order valence-electron chi connectivity index (χ4n) is 6.02. The molecule has 5 nitrogen and oxygen atoms in total. The van der Waals surface area contributed by atoms with Gasteiger partial charge < -0.3 is 13.6 Å². The molecule has 0 aliphatic heterocycles. The third kappa shape index (κ3) is 3.43. The van der Waals surface area contributed by atoms with Crippen molar-refractivity contribution < 1.29 is 26.3 Å². The fourth-order valence-corrected chi connectivity index (χ4v) is 6.02. The highest BCUT2D eigenvalue weighted by Crippen LogP contribution is 2.38. The molecule has 0 fully saturated rings. The van der Waals surface area contributed by atoms with E-state index in [1.165, 1.54) is 15.3 Å². The Morgan fingerprint density at radius 3 is 1.73 bits per heavy atom. The maximum atomic E-state index is 8.97. The zero-order chi connectivity index (χ0) is 43.4. The minimum atomic E-state index is -0.571. The minimum absolute atomic E-state index is 0.0634. The summed E-state index contributed by atoms with van der Waals surface area (Å²) in [6.45, 7) is 0. The summed E-state index contributed by atoms with van der Waals surface area (Å²) < 4.78 is 147. The van der Waals surface area contributed by atoms with E-state index in [9.17, 15) is 0 Å². The smallest absolute Gasteiger partial charge is 0.172 e. The van der Waals surface area contributed by atoms with Crippen LogP contribution in [0.5, 0.6) is 0 Å². The molecule has 0 bridgehead atoms. The molecule has 0 atom stereocenters. The number of furan rings is 1. The average Bonchev–Trinajstić information content (AvgIpc) is 3.94. The van der Waals surface area contributed by atoms with Crippen LogP contribution in [0.4, 0.5) is 0 Å². The molecule has 0 N–H and O–H groups in total. The first-order valence-electron chi connectivity index (χ1n) is 21.8. The minimum Gasteiger partial charge on any atom is -0.453 e. The van der Waals surface area contributed by atoms with E-state index in [0.717, 1.165) is 0 Å². The lowest BCUT2D eigenvalue weighted by atomic mass is 10.1. The van der Waals surface area contributed by atoms with E-state index in [1.807, 2.05) is 0 Å². The van der Waals surface area contributed by atoms with Crippen LogP contribution in [0.15, 0.2) is 150 Å². The van der Waals surface area contributed by atoms with E-state index < -0.39 is 96.7 Å². The quantitative estimate of drug-likeness (QED) is 0.205. The number of aromatic nitrogens is 4. The second-order valence-corrected chi connectivity index (χ2v) is 10.3. The van der Waals surface area contributed by atoms with Crippen LogP contribution in [0.3, 0.4) is 0 Å². The molecule has 210 valence electrons. The van der Waals surface area contributed by atoms with E-state index >= 15 is 0 Å². The van der Waals surface area contributed by atoms with Gasteiger partial charge in [0.05, 0.1) is 55.9 Å². The van der Waals surface area contributed by atoms with Crippen molar-refractivity contribution in [2.45, 2.75) is 0 Å². The van der Waals surface area contributed by atoms with Gasteiger partial charge in [0.25, 0.3) is 0 Å². The highest BCUT2D eigenvalue weighted by molar-refractivity contribution is 6.11. The Morgan fingerprint density at radius 2 is 1.11 bits per heavy atom. The molecule has 45 heavy (non-hydrogen) atoms. The van der Waals surface area contributed by atoms with Crippen molar-refractivity contribution in [3.63, 3.8) is 0 Å². The lowest BCUT2D eigenvalue weighted by Gasteiger charge is -2.12. The molecule has 0 radical (unpaired) electrons. The van der Waals surface area contributed by atoms with Crippen LogP contribution in [-0.4, -0.2) is 19.1 Å². The standard InChI is InChI=1S/C40H24N4O/c1-6-16-32-26(11-1)27-12-2-7-17-33(27)43(32)25-21-22-37-31(23-25)39-38(45-37)24-41-40(42-39)30-15-5-10-20-36(30)44-34-18-8-3-13-28(34)29-14-4-9-19-35(29)44/h1-24H/i1D,2D,3D,4D,6D,7D,8D,9D,11D,12D,13D,14D,16D,17D,18D,19D. The van der Waals surface area contributed by atoms with Crippen LogP contribution >= 0.6 is 0 Å². The van der Waals surface area contributed by atoms with Gasteiger partial charge >= 0.3 is 0 Å². The predicted octanol–water partition coefficient (Wildman–Crippen LogP) is 10.2. The summed E-state index contributed by atoms with van der Waals surface area (Å²) >= 11 is 0. The molecular formula is C40H24N4O. The largest absolute Gasteiger partial charge is 0.453 e. The molecule has 0 amide bonds.